The second-order valence-corrected chi connectivity index (χ2v) is 1.47. The van der Waals surface area contributed by atoms with Gasteiger partial charge in [0, 0.05) is 0 Å². The van der Waals surface area contributed by atoms with Crippen LogP contribution >= 0.6 is 0 Å². The maximum absolute atomic E-state index is 4.58. The molecule has 0 aromatic heterocycles. The Morgan fingerprint density at radius 2 is 2.00 bits per heavy atom. The van der Waals surface area contributed by atoms with Crippen LogP contribution in [0, 0.1) is 0 Å². The minimum Gasteiger partial charge on any atom is -0.232 e. The maximum atomic E-state index is 4.58. The van der Waals surface area contributed by atoms with E-state index in [1.807, 2.05) is 13.0 Å². The highest BCUT2D eigenvalue weighted by atomic mass is 17.2. The van der Waals surface area contributed by atoms with Gasteiger partial charge in [0.1, 0.15) is 13.2 Å². The fraction of sp³-hybridized carbons (Fsp3) is 0.600. The van der Waals surface area contributed by atoms with Crippen molar-refractivity contribution < 1.29 is 9.78 Å². The van der Waals surface area contributed by atoms with E-state index < -0.39 is 0 Å². The van der Waals surface area contributed by atoms with E-state index in [0.717, 1.165) is 0 Å². The van der Waals surface area contributed by atoms with Crippen molar-refractivity contribution in [1.82, 2.24) is 0 Å². The second kappa shape index (κ2) is 2.09. The summed E-state index contributed by atoms with van der Waals surface area (Å²) in [5, 5.41) is 0. The summed E-state index contributed by atoms with van der Waals surface area (Å²) in [7, 11) is 0. The molecule has 0 N–H and O–H groups in total. The smallest absolute Gasteiger partial charge is 0.106 e. The average molecular weight is 100 g/mol. The molecule has 1 aliphatic heterocycles. The Morgan fingerprint density at radius 3 is 2.29 bits per heavy atom. The summed E-state index contributed by atoms with van der Waals surface area (Å²) in [5.74, 6) is 0. The predicted molar refractivity (Wildman–Crippen MR) is 25.7 cm³/mol. The van der Waals surface area contributed by atoms with E-state index in [4.69, 9.17) is 0 Å². The minimum absolute atomic E-state index is 0.649. The van der Waals surface area contributed by atoms with Crippen molar-refractivity contribution in [3.8, 4) is 0 Å². The molecular weight excluding hydrogens is 92.1 g/mol. The van der Waals surface area contributed by atoms with Gasteiger partial charge in [-0.15, -0.1) is 0 Å². The SMILES string of the molecule is CC=C1COOC1. The van der Waals surface area contributed by atoms with E-state index in [1.54, 1.807) is 0 Å². The highest BCUT2D eigenvalue weighted by Gasteiger charge is 2.04. The summed E-state index contributed by atoms with van der Waals surface area (Å²) >= 11 is 0. The van der Waals surface area contributed by atoms with Gasteiger partial charge in [-0.2, -0.15) is 0 Å². The Hall–Kier alpha value is -0.340. The van der Waals surface area contributed by atoms with Crippen LogP contribution in [0.3, 0.4) is 0 Å². The van der Waals surface area contributed by atoms with Gasteiger partial charge < -0.3 is 0 Å². The zero-order chi connectivity index (χ0) is 5.11. The van der Waals surface area contributed by atoms with E-state index in [9.17, 15) is 0 Å². The van der Waals surface area contributed by atoms with E-state index >= 15 is 0 Å². The molecule has 7 heavy (non-hydrogen) atoms. The van der Waals surface area contributed by atoms with Crippen LogP contribution in [0.5, 0.6) is 0 Å². The molecule has 1 fully saturated rings. The first kappa shape index (κ1) is 4.81. The Labute approximate surface area is 42.7 Å². The first-order valence-electron chi connectivity index (χ1n) is 2.32. The molecule has 0 atom stereocenters. The van der Waals surface area contributed by atoms with Gasteiger partial charge in [-0.25, -0.2) is 9.78 Å². The third-order valence-electron chi connectivity index (χ3n) is 0.980. The Kier molecular flexibility index (Phi) is 1.44. The zero-order valence-electron chi connectivity index (χ0n) is 4.31. The molecule has 0 saturated carbocycles. The van der Waals surface area contributed by atoms with Crippen LogP contribution in [0.15, 0.2) is 11.6 Å². The standard InChI is InChI=1S/C5H8O2/c1-2-5-3-6-7-4-5/h2H,3-4H2,1H3. The Bertz CT molecular complexity index is 78.1. The summed E-state index contributed by atoms with van der Waals surface area (Å²) in [6.45, 7) is 3.28. The molecule has 1 rings (SSSR count). The molecule has 2 heteroatoms. The van der Waals surface area contributed by atoms with Crippen molar-refractivity contribution in [2.75, 3.05) is 13.2 Å². The van der Waals surface area contributed by atoms with E-state index in [-0.39, 0.29) is 0 Å². The minimum atomic E-state index is 0.649. The fourth-order valence-electron chi connectivity index (χ4n) is 0.443. The van der Waals surface area contributed by atoms with Crippen LogP contribution in [0.1, 0.15) is 6.92 Å². The number of hydrogen-bond donors (Lipinski definition) is 0. The van der Waals surface area contributed by atoms with Crippen molar-refractivity contribution in [3.05, 3.63) is 11.6 Å². The summed E-state index contributed by atoms with van der Waals surface area (Å²) < 4.78 is 0. The summed E-state index contributed by atoms with van der Waals surface area (Å²) in [5.41, 5.74) is 1.22. The molecule has 0 unspecified atom stereocenters. The summed E-state index contributed by atoms with van der Waals surface area (Å²) in [6.07, 6.45) is 2.01. The van der Waals surface area contributed by atoms with Crippen molar-refractivity contribution in [2.45, 2.75) is 6.92 Å². The summed E-state index contributed by atoms with van der Waals surface area (Å²) in [4.78, 5) is 9.16. The van der Waals surface area contributed by atoms with Crippen LogP contribution < -0.4 is 0 Å². The van der Waals surface area contributed by atoms with Gasteiger partial charge >= 0.3 is 0 Å². The van der Waals surface area contributed by atoms with Gasteiger partial charge in [0.25, 0.3) is 0 Å². The lowest BCUT2D eigenvalue weighted by atomic mass is 10.3. The normalized spacial score (nSPS) is 20.4. The molecule has 1 saturated heterocycles. The molecule has 2 nitrogen and oxygen atoms in total. The monoisotopic (exact) mass is 100 g/mol. The Balaban J connectivity index is 2.41. The summed E-state index contributed by atoms with van der Waals surface area (Å²) in [6, 6.07) is 0. The lowest BCUT2D eigenvalue weighted by molar-refractivity contribution is -0.248. The zero-order valence-corrected chi connectivity index (χ0v) is 4.31. The third kappa shape index (κ3) is 1.01. The molecule has 0 aromatic carbocycles. The predicted octanol–water partition coefficient (Wildman–Crippen LogP) is 0.895. The Morgan fingerprint density at radius 1 is 1.43 bits per heavy atom. The molecule has 0 aromatic rings. The average Bonchev–Trinajstić information content (AvgIpc) is 2.14. The molecule has 1 aliphatic rings. The number of rotatable bonds is 0. The molecule has 0 bridgehead atoms. The van der Waals surface area contributed by atoms with Crippen molar-refractivity contribution >= 4 is 0 Å². The van der Waals surface area contributed by atoms with Gasteiger partial charge in [0.2, 0.25) is 0 Å². The quantitative estimate of drug-likeness (QED) is 0.332. The molecule has 1 heterocycles. The largest absolute Gasteiger partial charge is 0.232 e. The lowest BCUT2D eigenvalue weighted by Gasteiger charge is -1.79. The highest BCUT2D eigenvalue weighted by molar-refractivity contribution is 5.01. The number of hydrogen-bond acceptors (Lipinski definition) is 2. The van der Waals surface area contributed by atoms with E-state index in [2.05, 4.69) is 9.78 Å². The molecule has 40 valence electrons. The first-order valence-corrected chi connectivity index (χ1v) is 2.32. The maximum Gasteiger partial charge on any atom is 0.106 e. The van der Waals surface area contributed by atoms with Crippen molar-refractivity contribution in [1.29, 1.82) is 0 Å². The fourth-order valence-corrected chi connectivity index (χ4v) is 0.443. The molecule has 0 aliphatic carbocycles. The molecule has 0 spiro atoms. The molecule has 0 amide bonds. The van der Waals surface area contributed by atoms with Gasteiger partial charge in [-0.05, 0) is 12.5 Å². The molecule has 0 radical (unpaired) electrons. The highest BCUT2D eigenvalue weighted by Crippen LogP contribution is 2.04. The first-order chi connectivity index (χ1) is 3.43. The van der Waals surface area contributed by atoms with Gasteiger partial charge in [-0.1, -0.05) is 6.08 Å². The topological polar surface area (TPSA) is 18.5 Å². The van der Waals surface area contributed by atoms with Crippen LogP contribution in [-0.2, 0) is 9.78 Å². The van der Waals surface area contributed by atoms with E-state index in [0.29, 0.717) is 13.2 Å². The van der Waals surface area contributed by atoms with Gasteiger partial charge in [0.05, 0.1) is 0 Å². The van der Waals surface area contributed by atoms with Crippen molar-refractivity contribution in [3.63, 3.8) is 0 Å². The lowest BCUT2D eigenvalue weighted by Crippen LogP contribution is -1.81. The van der Waals surface area contributed by atoms with Gasteiger partial charge in [0.15, 0.2) is 0 Å². The van der Waals surface area contributed by atoms with Crippen LogP contribution in [0.4, 0.5) is 0 Å². The van der Waals surface area contributed by atoms with Gasteiger partial charge in [-0.3, -0.25) is 0 Å². The van der Waals surface area contributed by atoms with Crippen LogP contribution in [0.2, 0.25) is 0 Å². The third-order valence-corrected chi connectivity index (χ3v) is 0.980. The second-order valence-electron chi connectivity index (χ2n) is 1.47. The van der Waals surface area contributed by atoms with Crippen LogP contribution in [-0.4, -0.2) is 13.2 Å². The van der Waals surface area contributed by atoms with Crippen LogP contribution in [0.25, 0.3) is 0 Å². The van der Waals surface area contributed by atoms with E-state index in [1.165, 1.54) is 5.57 Å². The number of allylic oxidation sites excluding steroid dienone is 1. The molecular formula is C5H8O2. The van der Waals surface area contributed by atoms with Crippen molar-refractivity contribution in [2.24, 2.45) is 0 Å².